The standard InChI is InChI=1S/C17H21F2N3O2S/c18-15(19)10-22-6-3-12(4-7-22)20-17(24)11-1-2-14-13(9-11)21-16(23)5-8-25-14/h1-2,9,12,15H,3-8,10H2,(H,20,24)(H,21,23). The van der Waals surface area contributed by atoms with Crippen molar-refractivity contribution in [2.75, 3.05) is 30.7 Å². The number of carbonyl (C=O) groups excluding carboxylic acids is 2. The highest BCUT2D eigenvalue weighted by atomic mass is 32.2. The molecule has 1 fully saturated rings. The number of hydrogen-bond donors (Lipinski definition) is 2. The zero-order valence-electron chi connectivity index (χ0n) is 13.8. The summed E-state index contributed by atoms with van der Waals surface area (Å²) < 4.78 is 24.8. The minimum absolute atomic E-state index is 0.0100. The maximum atomic E-state index is 12.5. The summed E-state index contributed by atoms with van der Waals surface area (Å²) in [4.78, 5) is 26.8. The van der Waals surface area contributed by atoms with Gasteiger partial charge in [-0.15, -0.1) is 11.8 Å². The third-order valence-electron chi connectivity index (χ3n) is 4.42. The largest absolute Gasteiger partial charge is 0.349 e. The molecule has 5 nitrogen and oxygen atoms in total. The van der Waals surface area contributed by atoms with Gasteiger partial charge in [-0.2, -0.15) is 0 Å². The molecule has 3 rings (SSSR count). The average molecular weight is 369 g/mol. The zero-order chi connectivity index (χ0) is 17.8. The van der Waals surface area contributed by atoms with Crippen LogP contribution in [-0.2, 0) is 4.79 Å². The summed E-state index contributed by atoms with van der Waals surface area (Å²) in [6, 6.07) is 5.30. The number of likely N-dealkylation sites (tertiary alicyclic amines) is 1. The van der Waals surface area contributed by atoms with Crippen LogP contribution in [0.25, 0.3) is 0 Å². The lowest BCUT2D eigenvalue weighted by Gasteiger charge is -2.32. The SMILES string of the molecule is O=C1CCSc2ccc(C(=O)NC3CCN(CC(F)F)CC3)cc2N1. The van der Waals surface area contributed by atoms with Crippen LogP contribution in [0.5, 0.6) is 0 Å². The first-order valence-electron chi connectivity index (χ1n) is 8.39. The van der Waals surface area contributed by atoms with Crippen molar-refractivity contribution in [3.05, 3.63) is 23.8 Å². The normalized spacial score (nSPS) is 19.2. The summed E-state index contributed by atoms with van der Waals surface area (Å²) in [6.07, 6.45) is -0.539. The van der Waals surface area contributed by atoms with E-state index < -0.39 is 6.43 Å². The number of nitrogens with one attached hydrogen (secondary N) is 2. The molecular formula is C17H21F2N3O2S. The van der Waals surface area contributed by atoms with Crippen LogP contribution in [0, 0.1) is 0 Å². The number of hydrogen-bond acceptors (Lipinski definition) is 4. The van der Waals surface area contributed by atoms with Crippen LogP contribution in [-0.4, -0.2) is 54.6 Å². The van der Waals surface area contributed by atoms with Gasteiger partial charge < -0.3 is 10.6 Å². The Kier molecular flexibility index (Phi) is 5.90. The molecule has 1 saturated heterocycles. The van der Waals surface area contributed by atoms with Crippen LogP contribution in [0.2, 0.25) is 0 Å². The summed E-state index contributed by atoms with van der Waals surface area (Å²) in [6.45, 7) is 0.918. The van der Waals surface area contributed by atoms with E-state index in [2.05, 4.69) is 10.6 Å². The first-order chi connectivity index (χ1) is 12.0. The monoisotopic (exact) mass is 369 g/mol. The van der Waals surface area contributed by atoms with E-state index >= 15 is 0 Å². The van der Waals surface area contributed by atoms with Crippen LogP contribution in [0.4, 0.5) is 14.5 Å². The molecule has 2 N–H and O–H groups in total. The summed E-state index contributed by atoms with van der Waals surface area (Å²) in [7, 11) is 0. The molecule has 25 heavy (non-hydrogen) atoms. The topological polar surface area (TPSA) is 61.4 Å². The van der Waals surface area contributed by atoms with Crippen molar-refractivity contribution in [1.82, 2.24) is 10.2 Å². The number of carbonyl (C=O) groups is 2. The van der Waals surface area contributed by atoms with Gasteiger partial charge in [0.15, 0.2) is 0 Å². The van der Waals surface area contributed by atoms with Gasteiger partial charge in [-0.25, -0.2) is 8.78 Å². The molecule has 0 atom stereocenters. The van der Waals surface area contributed by atoms with E-state index in [4.69, 9.17) is 0 Å². The van der Waals surface area contributed by atoms with E-state index in [1.165, 1.54) is 0 Å². The third kappa shape index (κ3) is 4.92. The zero-order valence-corrected chi connectivity index (χ0v) is 14.6. The Labute approximate surface area is 149 Å². The molecule has 0 bridgehead atoms. The second-order valence-corrected chi connectivity index (χ2v) is 7.43. The molecule has 2 aliphatic heterocycles. The quantitative estimate of drug-likeness (QED) is 0.856. The van der Waals surface area contributed by atoms with Crippen molar-refractivity contribution in [1.29, 1.82) is 0 Å². The van der Waals surface area contributed by atoms with Gasteiger partial charge in [-0.05, 0) is 31.0 Å². The number of amides is 2. The molecule has 0 aromatic heterocycles. The van der Waals surface area contributed by atoms with Crippen molar-refractivity contribution in [2.45, 2.75) is 36.6 Å². The lowest BCUT2D eigenvalue weighted by atomic mass is 10.0. The van der Waals surface area contributed by atoms with E-state index in [-0.39, 0.29) is 24.4 Å². The summed E-state index contributed by atoms with van der Waals surface area (Å²) in [5, 5.41) is 5.80. The lowest BCUT2D eigenvalue weighted by Crippen LogP contribution is -2.45. The first-order valence-corrected chi connectivity index (χ1v) is 9.38. The molecule has 0 saturated carbocycles. The Hall–Kier alpha value is -1.67. The number of halogens is 2. The average Bonchev–Trinajstić information content (AvgIpc) is 2.76. The van der Waals surface area contributed by atoms with Crippen molar-refractivity contribution in [2.24, 2.45) is 0 Å². The predicted molar refractivity (Wildman–Crippen MR) is 93.3 cm³/mol. The number of fused-ring (bicyclic) bond motifs is 1. The molecule has 1 aromatic carbocycles. The Morgan fingerprint density at radius 1 is 1.36 bits per heavy atom. The highest BCUT2D eigenvalue weighted by molar-refractivity contribution is 7.99. The van der Waals surface area contributed by atoms with Crippen LogP contribution in [0.3, 0.4) is 0 Å². The predicted octanol–water partition coefficient (Wildman–Crippen LogP) is 2.58. The van der Waals surface area contributed by atoms with Crippen molar-refractivity contribution < 1.29 is 18.4 Å². The van der Waals surface area contributed by atoms with Gasteiger partial charge in [0.05, 0.1) is 12.2 Å². The fourth-order valence-electron chi connectivity index (χ4n) is 3.08. The highest BCUT2D eigenvalue weighted by Crippen LogP contribution is 2.31. The molecule has 0 radical (unpaired) electrons. The van der Waals surface area contributed by atoms with Crippen LogP contribution in [0.1, 0.15) is 29.6 Å². The smallest absolute Gasteiger partial charge is 0.251 e. The summed E-state index contributed by atoms with van der Waals surface area (Å²) >= 11 is 1.59. The van der Waals surface area contributed by atoms with Crippen molar-refractivity contribution in [3.8, 4) is 0 Å². The van der Waals surface area contributed by atoms with Gasteiger partial charge in [-0.1, -0.05) is 0 Å². The molecule has 0 unspecified atom stereocenters. The molecule has 136 valence electrons. The summed E-state index contributed by atoms with van der Waals surface area (Å²) in [5.74, 6) is 0.482. The molecule has 2 amide bonds. The van der Waals surface area contributed by atoms with Crippen LogP contribution < -0.4 is 10.6 Å². The van der Waals surface area contributed by atoms with E-state index in [0.717, 1.165) is 10.6 Å². The number of benzene rings is 1. The Morgan fingerprint density at radius 2 is 2.12 bits per heavy atom. The summed E-state index contributed by atoms with van der Waals surface area (Å²) in [5.41, 5.74) is 1.17. The fourth-order valence-corrected chi connectivity index (χ4v) is 4.02. The van der Waals surface area contributed by atoms with Crippen molar-refractivity contribution >= 4 is 29.3 Å². The number of rotatable bonds is 4. The van der Waals surface area contributed by atoms with Gasteiger partial charge in [0, 0.05) is 41.8 Å². The van der Waals surface area contributed by atoms with E-state index in [1.54, 1.807) is 28.8 Å². The van der Waals surface area contributed by atoms with E-state index in [1.807, 2.05) is 6.07 Å². The Morgan fingerprint density at radius 3 is 2.84 bits per heavy atom. The highest BCUT2D eigenvalue weighted by Gasteiger charge is 2.23. The number of thioether (sulfide) groups is 1. The molecule has 2 heterocycles. The fraction of sp³-hybridized carbons (Fsp3) is 0.529. The van der Waals surface area contributed by atoms with E-state index in [0.29, 0.717) is 43.6 Å². The van der Waals surface area contributed by atoms with Crippen molar-refractivity contribution in [3.63, 3.8) is 0 Å². The second kappa shape index (κ2) is 8.14. The molecular weight excluding hydrogens is 348 g/mol. The Balaban J connectivity index is 1.58. The number of piperidine rings is 1. The maximum Gasteiger partial charge on any atom is 0.251 e. The third-order valence-corrected chi connectivity index (χ3v) is 5.50. The molecule has 0 spiro atoms. The number of nitrogens with zero attached hydrogens (tertiary/aromatic N) is 1. The second-order valence-electron chi connectivity index (χ2n) is 6.30. The number of alkyl halides is 2. The Bertz CT molecular complexity index is 649. The van der Waals surface area contributed by atoms with Gasteiger partial charge in [0.2, 0.25) is 5.91 Å². The number of anilines is 1. The van der Waals surface area contributed by atoms with Gasteiger partial charge in [-0.3, -0.25) is 14.5 Å². The lowest BCUT2D eigenvalue weighted by molar-refractivity contribution is -0.115. The van der Waals surface area contributed by atoms with Gasteiger partial charge in [0.25, 0.3) is 12.3 Å². The van der Waals surface area contributed by atoms with E-state index in [9.17, 15) is 18.4 Å². The molecule has 2 aliphatic rings. The molecule has 1 aromatic rings. The molecule has 8 heteroatoms. The minimum atomic E-state index is -2.32. The van der Waals surface area contributed by atoms with Crippen LogP contribution >= 0.6 is 11.8 Å². The molecule has 0 aliphatic carbocycles. The van der Waals surface area contributed by atoms with Gasteiger partial charge in [0.1, 0.15) is 0 Å². The minimum Gasteiger partial charge on any atom is -0.349 e. The first kappa shape index (κ1) is 18.1. The maximum absolute atomic E-state index is 12.5. The van der Waals surface area contributed by atoms with Crippen LogP contribution in [0.15, 0.2) is 23.1 Å². The van der Waals surface area contributed by atoms with Gasteiger partial charge >= 0.3 is 0 Å².